The average molecular weight is 266 g/mol. The van der Waals surface area contributed by atoms with Crippen molar-refractivity contribution in [3.63, 3.8) is 0 Å². The molecule has 0 aliphatic heterocycles. The van der Waals surface area contributed by atoms with E-state index in [1.54, 1.807) is 19.3 Å². The van der Waals surface area contributed by atoms with Crippen LogP contribution in [-0.4, -0.2) is 12.9 Å². The lowest BCUT2D eigenvalue weighted by Gasteiger charge is -2.05. The van der Waals surface area contributed by atoms with Crippen molar-refractivity contribution < 1.29 is 9.53 Å². The van der Waals surface area contributed by atoms with Gasteiger partial charge in [-0.25, -0.2) is 0 Å². The lowest BCUT2D eigenvalue weighted by molar-refractivity contribution is 0.104. The molecule has 0 atom stereocenters. The molecule has 0 amide bonds. The Bertz CT molecular complexity index is 637. The fourth-order valence-corrected chi connectivity index (χ4v) is 1.98. The first-order valence-corrected chi connectivity index (χ1v) is 6.54. The minimum Gasteiger partial charge on any atom is -0.496 e. The Balaban J connectivity index is 2.15. The number of aryl methyl sites for hydroxylation is 2. The first kappa shape index (κ1) is 14.1. The Morgan fingerprint density at radius 2 is 1.75 bits per heavy atom. The second-order valence-electron chi connectivity index (χ2n) is 4.79. The predicted octanol–water partition coefficient (Wildman–Crippen LogP) is 4.21. The molecule has 0 fully saturated rings. The number of methoxy groups -OCH3 is 1. The lowest BCUT2D eigenvalue weighted by atomic mass is 10.1. The van der Waals surface area contributed by atoms with Crippen LogP contribution < -0.4 is 4.74 Å². The zero-order valence-electron chi connectivity index (χ0n) is 12.0. The molecule has 0 saturated heterocycles. The molecule has 0 N–H and O–H groups in total. The standard InChI is InChI=1S/C18H18O2/c1-13-4-6-15(7-5-13)8-10-17(19)16-9-11-18(20-3)14(2)12-16/h4-12H,1-3H3/b10-8+. The van der Waals surface area contributed by atoms with E-state index in [1.165, 1.54) is 5.56 Å². The molecule has 2 rings (SSSR count). The fourth-order valence-electron chi connectivity index (χ4n) is 1.98. The summed E-state index contributed by atoms with van der Waals surface area (Å²) in [6, 6.07) is 13.5. The van der Waals surface area contributed by atoms with Crippen LogP contribution in [0, 0.1) is 13.8 Å². The number of hydrogen-bond donors (Lipinski definition) is 0. The zero-order valence-corrected chi connectivity index (χ0v) is 12.0. The fraction of sp³-hybridized carbons (Fsp3) is 0.167. The van der Waals surface area contributed by atoms with Crippen molar-refractivity contribution in [2.45, 2.75) is 13.8 Å². The molecule has 102 valence electrons. The van der Waals surface area contributed by atoms with Gasteiger partial charge in [-0.05, 0) is 49.2 Å². The van der Waals surface area contributed by atoms with Gasteiger partial charge >= 0.3 is 0 Å². The van der Waals surface area contributed by atoms with Gasteiger partial charge in [-0.15, -0.1) is 0 Å². The lowest BCUT2D eigenvalue weighted by Crippen LogP contribution is -1.96. The second kappa shape index (κ2) is 6.20. The number of ketones is 1. The summed E-state index contributed by atoms with van der Waals surface area (Å²) in [5.41, 5.74) is 3.86. The van der Waals surface area contributed by atoms with E-state index in [1.807, 2.05) is 56.3 Å². The van der Waals surface area contributed by atoms with Crippen molar-refractivity contribution in [1.29, 1.82) is 0 Å². The van der Waals surface area contributed by atoms with Crippen LogP contribution in [0.25, 0.3) is 6.08 Å². The van der Waals surface area contributed by atoms with Gasteiger partial charge in [-0.1, -0.05) is 35.9 Å². The number of carbonyl (C=O) groups is 1. The SMILES string of the molecule is COc1ccc(C(=O)/C=C/c2ccc(C)cc2)cc1C. The number of ether oxygens (including phenoxy) is 1. The van der Waals surface area contributed by atoms with Gasteiger partial charge in [-0.2, -0.15) is 0 Å². The minimum absolute atomic E-state index is 0.00340. The van der Waals surface area contributed by atoms with Gasteiger partial charge in [0.2, 0.25) is 0 Å². The summed E-state index contributed by atoms with van der Waals surface area (Å²) in [5.74, 6) is 0.792. The molecule has 0 heterocycles. The molecule has 0 bridgehead atoms. The summed E-state index contributed by atoms with van der Waals surface area (Å²) in [5, 5.41) is 0. The van der Waals surface area contributed by atoms with Gasteiger partial charge in [0.1, 0.15) is 5.75 Å². The van der Waals surface area contributed by atoms with Crippen molar-refractivity contribution in [1.82, 2.24) is 0 Å². The van der Waals surface area contributed by atoms with Crippen LogP contribution in [0.2, 0.25) is 0 Å². The van der Waals surface area contributed by atoms with Gasteiger partial charge in [0, 0.05) is 5.56 Å². The third-order valence-electron chi connectivity index (χ3n) is 3.18. The summed E-state index contributed by atoms with van der Waals surface area (Å²) in [4.78, 5) is 12.1. The number of rotatable bonds is 4. The molecule has 2 aromatic carbocycles. The topological polar surface area (TPSA) is 26.3 Å². The molecule has 0 aliphatic rings. The molecular formula is C18H18O2. The van der Waals surface area contributed by atoms with Crippen LogP contribution in [0.15, 0.2) is 48.5 Å². The van der Waals surface area contributed by atoms with Crippen molar-refractivity contribution in [2.24, 2.45) is 0 Å². The Labute approximate surface area is 119 Å². The summed E-state index contributed by atoms with van der Waals surface area (Å²) < 4.78 is 5.19. The van der Waals surface area contributed by atoms with Crippen LogP contribution in [0.5, 0.6) is 5.75 Å². The van der Waals surface area contributed by atoms with Gasteiger partial charge in [0.25, 0.3) is 0 Å². The molecule has 0 radical (unpaired) electrons. The monoisotopic (exact) mass is 266 g/mol. The summed E-state index contributed by atoms with van der Waals surface area (Å²) in [6.07, 6.45) is 3.44. The summed E-state index contributed by atoms with van der Waals surface area (Å²) in [6.45, 7) is 3.97. The van der Waals surface area contributed by atoms with E-state index >= 15 is 0 Å². The highest BCUT2D eigenvalue weighted by molar-refractivity contribution is 6.07. The summed E-state index contributed by atoms with van der Waals surface area (Å²) in [7, 11) is 1.63. The Kier molecular flexibility index (Phi) is 4.36. The molecule has 20 heavy (non-hydrogen) atoms. The molecule has 2 heteroatoms. The maximum atomic E-state index is 12.1. The van der Waals surface area contributed by atoms with Crippen LogP contribution in [0.3, 0.4) is 0 Å². The third kappa shape index (κ3) is 3.35. The van der Waals surface area contributed by atoms with Crippen LogP contribution in [-0.2, 0) is 0 Å². The van der Waals surface area contributed by atoms with Crippen molar-refractivity contribution in [2.75, 3.05) is 7.11 Å². The third-order valence-corrected chi connectivity index (χ3v) is 3.18. The van der Waals surface area contributed by atoms with E-state index in [9.17, 15) is 4.79 Å². The first-order valence-electron chi connectivity index (χ1n) is 6.54. The molecule has 0 aromatic heterocycles. The minimum atomic E-state index is -0.00340. The molecule has 2 aromatic rings. The van der Waals surface area contributed by atoms with E-state index in [-0.39, 0.29) is 5.78 Å². The average Bonchev–Trinajstić information content (AvgIpc) is 2.46. The maximum Gasteiger partial charge on any atom is 0.185 e. The van der Waals surface area contributed by atoms with Crippen molar-refractivity contribution in [3.8, 4) is 5.75 Å². The van der Waals surface area contributed by atoms with E-state index in [2.05, 4.69) is 0 Å². The quantitative estimate of drug-likeness (QED) is 0.612. The van der Waals surface area contributed by atoms with E-state index in [0.29, 0.717) is 5.56 Å². The molecule has 0 spiro atoms. The Morgan fingerprint density at radius 1 is 1.05 bits per heavy atom. The molecule has 2 nitrogen and oxygen atoms in total. The molecule has 0 unspecified atom stereocenters. The van der Waals surface area contributed by atoms with Gasteiger partial charge < -0.3 is 4.74 Å². The van der Waals surface area contributed by atoms with Crippen molar-refractivity contribution in [3.05, 3.63) is 70.8 Å². The molecule has 0 saturated carbocycles. The normalized spacial score (nSPS) is 10.8. The second-order valence-corrected chi connectivity index (χ2v) is 4.79. The number of allylic oxidation sites excluding steroid dienone is 1. The molecule has 0 aliphatic carbocycles. The largest absolute Gasteiger partial charge is 0.496 e. The van der Waals surface area contributed by atoms with Crippen LogP contribution >= 0.6 is 0 Å². The van der Waals surface area contributed by atoms with Crippen molar-refractivity contribution >= 4 is 11.9 Å². The van der Waals surface area contributed by atoms with Crippen LogP contribution in [0.1, 0.15) is 27.0 Å². The van der Waals surface area contributed by atoms with E-state index < -0.39 is 0 Å². The highest BCUT2D eigenvalue weighted by Gasteiger charge is 2.05. The highest BCUT2D eigenvalue weighted by Crippen LogP contribution is 2.19. The predicted molar refractivity (Wildman–Crippen MR) is 82.3 cm³/mol. The highest BCUT2D eigenvalue weighted by atomic mass is 16.5. The maximum absolute atomic E-state index is 12.1. The molecular weight excluding hydrogens is 248 g/mol. The number of hydrogen-bond acceptors (Lipinski definition) is 2. The zero-order chi connectivity index (χ0) is 14.5. The van der Waals surface area contributed by atoms with E-state index in [0.717, 1.165) is 16.9 Å². The van der Waals surface area contributed by atoms with E-state index in [4.69, 9.17) is 4.74 Å². The smallest absolute Gasteiger partial charge is 0.185 e. The number of carbonyl (C=O) groups excluding carboxylic acids is 1. The van der Waals surface area contributed by atoms with Gasteiger partial charge in [0.15, 0.2) is 5.78 Å². The van der Waals surface area contributed by atoms with Crippen LogP contribution in [0.4, 0.5) is 0 Å². The first-order chi connectivity index (χ1) is 9.60. The Morgan fingerprint density at radius 3 is 2.35 bits per heavy atom. The van der Waals surface area contributed by atoms with Gasteiger partial charge in [-0.3, -0.25) is 4.79 Å². The van der Waals surface area contributed by atoms with Gasteiger partial charge in [0.05, 0.1) is 7.11 Å². The summed E-state index contributed by atoms with van der Waals surface area (Å²) >= 11 is 0. The Hall–Kier alpha value is -2.35. The number of benzene rings is 2.